The maximum absolute atomic E-state index is 12.3. The number of piperidine rings is 1. The topological polar surface area (TPSA) is 119 Å². The molecule has 0 saturated carbocycles. The lowest BCUT2D eigenvalue weighted by Crippen LogP contribution is -2.49. The Kier molecular flexibility index (Phi) is 7.46. The second-order valence-electron chi connectivity index (χ2n) is 7.63. The number of nitrogens with zero attached hydrogens (tertiary/aromatic N) is 2. The Hall–Kier alpha value is -2.43. The van der Waals surface area contributed by atoms with E-state index >= 15 is 0 Å². The SMILES string of the molecule is O=C(/C=C/c1ccccc1N1CCC(NC(=O)CN2CCS(=O)(=O)CC2)CC1)NO. The van der Waals surface area contributed by atoms with Gasteiger partial charge in [-0.15, -0.1) is 0 Å². The third-order valence-corrected chi connectivity index (χ3v) is 7.08. The molecule has 164 valence electrons. The molecule has 0 aromatic heterocycles. The molecular weight excluding hydrogens is 408 g/mol. The fraction of sp³-hybridized carbons (Fsp3) is 0.500. The van der Waals surface area contributed by atoms with E-state index in [1.54, 1.807) is 11.6 Å². The Morgan fingerprint density at radius 1 is 1.10 bits per heavy atom. The highest BCUT2D eigenvalue weighted by Gasteiger charge is 2.25. The molecule has 9 nitrogen and oxygen atoms in total. The van der Waals surface area contributed by atoms with Crippen LogP contribution in [0.1, 0.15) is 18.4 Å². The summed E-state index contributed by atoms with van der Waals surface area (Å²) in [4.78, 5) is 27.7. The zero-order chi connectivity index (χ0) is 21.6. The molecule has 0 unspecified atom stereocenters. The monoisotopic (exact) mass is 436 g/mol. The molecular formula is C20H28N4O5S. The molecule has 0 radical (unpaired) electrons. The molecule has 2 fully saturated rings. The summed E-state index contributed by atoms with van der Waals surface area (Å²) in [6.45, 7) is 2.59. The molecule has 2 aliphatic heterocycles. The molecule has 2 saturated heterocycles. The highest BCUT2D eigenvalue weighted by Crippen LogP contribution is 2.25. The average Bonchev–Trinajstić information content (AvgIpc) is 2.74. The largest absolute Gasteiger partial charge is 0.371 e. The van der Waals surface area contributed by atoms with Crippen LogP contribution in [0.3, 0.4) is 0 Å². The van der Waals surface area contributed by atoms with Gasteiger partial charge in [0.1, 0.15) is 0 Å². The van der Waals surface area contributed by atoms with Crippen LogP contribution in [-0.2, 0) is 19.4 Å². The molecule has 0 bridgehead atoms. The first kappa shape index (κ1) is 22.3. The van der Waals surface area contributed by atoms with Crippen molar-refractivity contribution in [3.8, 4) is 0 Å². The lowest BCUT2D eigenvalue weighted by atomic mass is 10.0. The highest BCUT2D eigenvalue weighted by atomic mass is 32.2. The van der Waals surface area contributed by atoms with Gasteiger partial charge in [0.2, 0.25) is 5.91 Å². The quantitative estimate of drug-likeness (QED) is 0.327. The summed E-state index contributed by atoms with van der Waals surface area (Å²) < 4.78 is 23.0. The van der Waals surface area contributed by atoms with E-state index in [-0.39, 0.29) is 30.0 Å². The van der Waals surface area contributed by atoms with Gasteiger partial charge in [-0.05, 0) is 30.5 Å². The molecule has 3 rings (SSSR count). The van der Waals surface area contributed by atoms with Gasteiger partial charge in [-0.25, -0.2) is 13.9 Å². The number of amides is 2. The number of carbonyl (C=O) groups is 2. The minimum absolute atomic E-state index is 0.0638. The van der Waals surface area contributed by atoms with Crippen LogP contribution in [0.4, 0.5) is 5.69 Å². The van der Waals surface area contributed by atoms with Crippen LogP contribution < -0.4 is 15.7 Å². The average molecular weight is 437 g/mol. The summed E-state index contributed by atoms with van der Waals surface area (Å²) in [5.41, 5.74) is 3.46. The number of hydroxylamine groups is 1. The normalized spacial score (nSPS) is 20.2. The molecule has 0 aliphatic carbocycles. The van der Waals surface area contributed by atoms with Crippen molar-refractivity contribution in [2.45, 2.75) is 18.9 Å². The molecule has 1 aromatic rings. The summed E-state index contributed by atoms with van der Waals surface area (Å²) in [5, 5.41) is 11.7. The lowest BCUT2D eigenvalue weighted by Gasteiger charge is -2.35. The molecule has 30 heavy (non-hydrogen) atoms. The maximum Gasteiger partial charge on any atom is 0.267 e. The van der Waals surface area contributed by atoms with Crippen molar-refractivity contribution in [1.29, 1.82) is 0 Å². The number of nitrogens with one attached hydrogen (secondary N) is 2. The van der Waals surface area contributed by atoms with Crippen LogP contribution in [0, 0.1) is 0 Å². The predicted octanol–water partition coefficient (Wildman–Crippen LogP) is 0.0206. The van der Waals surface area contributed by atoms with Gasteiger partial charge < -0.3 is 10.2 Å². The predicted molar refractivity (Wildman–Crippen MR) is 114 cm³/mol. The smallest absolute Gasteiger partial charge is 0.267 e. The van der Waals surface area contributed by atoms with Crippen molar-refractivity contribution in [1.82, 2.24) is 15.7 Å². The Bertz CT molecular complexity index is 880. The van der Waals surface area contributed by atoms with E-state index < -0.39 is 15.7 Å². The fourth-order valence-corrected chi connectivity index (χ4v) is 5.05. The van der Waals surface area contributed by atoms with E-state index in [0.29, 0.717) is 13.1 Å². The number of hydrogen-bond acceptors (Lipinski definition) is 7. The summed E-state index contributed by atoms with van der Waals surface area (Å²) >= 11 is 0. The van der Waals surface area contributed by atoms with Gasteiger partial charge in [0.05, 0.1) is 18.1 Å². The number of para-hydroxylation sites is 1. The van der Waals surface area contributed by atoms with Gasteiger partial charge in [-0.2, -0.15) is 0 Å². The van der Waals surface area contributed by atoms with Crippen LogP contribution in [0.5, 0.6) is 0 Å². The number of rotatable bonds is 6. The maximum atomic E-state index is 12.3. The van der Waals surface area contributed by atoms with Crippen molar-refractivity contribution in [3.63, 3.8) is 0 Å². The molecule has 3 N–H and O–H groups in total. The Morgan fingerprint density at radius 2 is 1.77 bits per heavy atom. The molecule has 10 heteroatoms. The Labute approximate surface area is 176 Å². The minimum Gasteiger partial charge on any atom is -0.371 e. The van der Waals surface area contributed by atoms with Gasteiger partial charge >= 0.3 is 0 Å². The van der Waals surface area contributed by atoms with E-state index in [1.807, 2.05) is 29.2 Å². The number of hydrogen-bond donors (Lipinski definition) is 3. The molecule has 0 spiro atoms. The van der Waals surface area contributed by atoms with Crippen molar-refractivity contribution >= 4 is 33.4 Å². The highest BCUT2D eigenvalue weighted by molar-refractivity contribution is 7.91. The molecule has 1 aromatic carbocycles. The summed E-state index contributed by atoms with van der Waals surface area (Å²) in [6.07, 6.45) is 4.54. The first-order valence-corrected chi connectivity index (χ1v) is 11.9. The number of benzene rings is 1. The zero-order valence-electron chi connectivity index (χ0n) is 16.8. The van der Waals surface area contributed by atoms with Crippen LogP contribution >= 0.6 is 0 Å². The van der Waals surface area contributed by atoms with Gasteiger partial charge in [0.15, 0.2) is 9.84 Å². The van der Waals surface area contributed by atoms with Gasteiger partial charge in [-0.3, -0.25) is 19.7 Å². The molecule has 2 amide bonds. The van der Waals surface area contributed by atoms with Crippen LogP contribution in [0.2, 0.25) is 0 Å². The summed E-state index contributed by atoms with van der Waals surface area (Å²) in [6, 6.07) is 7.80. The van der Waals surface area contributed by atoms with Gasteiger partial charge in [0, 0.05) is 44.0 Å². The zero-order valence-corrected chi connectivity index (χ0v) is 17.6. The van der Waals surface area contributed by atoms with E-state index in [0.717, 1.165) is 37.2 Å². The first-order valence-electron chi connectivity index (χ1n) is 10.0. The second-order valence-corrected chi connectivity index (χ2v) is 9.93. The Morgan fingerprint density at radius 3 is 2.43 bits per heavy atom. The molecule has 2 aliphatic rings. The van der Waals surface area contributed by atoms with E-state index in [9.17, 15) is 18.0 Å². The molecule has 0 atom stereocenters. The van der Waals surface area contributed by atoms with Gasteiger partial charge in [0.25, 0.3) is 5.91 Å². The number of carbonyl (C=O) groups excluding carboxylic acids is 2. The third kappa shape index (κ3) is 6.28. The van der Waals surface area contributed by atoms with Crippen molar-refractivity contribution < 1.29 is 23.2 Å². The first-order chi connectivity index (χ1) is 14.4. The summed E-state index contributed by atoms with van der Waals surface area (Å²) in [7, 11) is -2.94. The fourth-order valence-electron chi connectivity index (χ4n) is 3.77. The van der Waals surface area contributed by atoms with Crippen LogP contribution in [0.15, 0.2) is 30.3 Å². The standard InChI is InChI=1S/C20H28N4O5S/c25-19(22-27)6-5-16-3-1-2-4-18(16)24-9-7-17(8-10-24)21-20(26)15-23-11-13-30(28,29)14-12-23/h1-6,17,27H,7-15H2,(H,21,26)(H,22,25)/b6-5+. The Balaban J connectivity index is 1.49. The van der Waals surface area contributed by atoms with Crippen LogP contribution in [-0.4, -0.2) is 80.6 Å². The lowest BCUT2D eigenvalue weighted by molar-refractivity contribution is -0.124. The van der Waals surface area contributed by atoms with Crippen molar-refractivity contribution in [3.05, 3.63) is 35.9 Å². The molecule has 2 heterocycles. The van der Waals surface area contributed by atoms with E-state index in [2.05, 4.69) is 10.2 Å². The third-order valence-electron chi connectivity index (χ3n) is 5.47. The number of sulfone groups is 1. The van der Waals surface area contributed by atoms with E-state index in [4.69, 9.17) is 5.21 Å². The van der Waals surface area contributed by atoms with E-state index in [1.165, 1.54) is 6.08 Å². The summed E-state index contributed by atoms with van der Waals surface area (Å²) in [5.74, 6) is -0.414. The second kappa shape index (κ2) is 10.1. The van der Waals surface area contributed by atoms with Crippen molar-refractivity contribution in [2.24, 2.45) is 0 Å². The van der Waals surface area contributed by atoms with Gasteiger partial charge in [-0.1, -0.05) is 18.2 Å². The minimum atomic E-state index is -2.94. The van der Waals surface area contributed by atoms with Crippen LogP contribution in [0.25, 0.3) is 6.08 Å². The van der Waals surface area contributed by atoms with Crippen molar-refractivity contribution in [2.75, 3.05) is 49.1 Å². The number of anilines is 1.